The molecule has 1 aliphatic carbocycles. The second-order valence-corrected chi connectivity index (χ2v) is 5.81. The molecule has 102 valence electrons. The molecular formula is C16H20O3. The molecule has 0 aromatic heterocycles. The topological polar surface area (TPSA) is 35.5 Å². The molecule has 0 saturated heterocycles. The first-order valence-corrected chi connectivity index (χ1v) is 7.15. The lowest BCUT2D eigenvalue weighted by Crippen LogP contribution is -2.16. The minimum Gasteiger partial charge on any atom is -0.489 e. The maximum Gasteiger partial charge on any atom is 0.163 e. The van der Waals surface area contributed by atoms with E-state index in [1.54, 1.807) is 0 Å². The number of Topliss-reactive ketones (excluding diaryl/α,β-unsaturated/α-hetero) is 1. The number of ether oxygens (including phenoxy) is 2. The highest BCUT2D eigenvalue weighted by Gasteiger charge is 2.22. The van der Waals surface area contributed by atoms with Crippen molar-refractivity contribution in [3.63, 3.8) is 0 Å². The molecule has 1 aromatic carbocycles. The summed E-state index contributed by atoms with van der Waals surface area (Å²) in [5.41, 5.74) is 0.754. The maximum absolute atomic E-state index is 12.2. The Labute approximate surface area is 113 Å². The van der Waals surface area contributed by atoms with Crippen LogP contribution in [0, 0.1) is 11.8 Å². The molecule has 1 fully saturated rings. The van der Waals surface area contributed by atoms with Gasteiger partial charge in [-0.05, 0) is 24.1 Å². The van der Waals surface area contributed by atoms with Crippen molar-refractivity contribution in [2.45, 2.75) is 32.6 Å². The Morgan fingerprint density at radius 1 is 1.21 bits per heavy atom. The van der Waals surface area contributed by atoms with Gasteiger partial charge in [-0.25, -0.2) is 0 Å². The monoisotopic (exact) mass is 260 g/mol. The third-order valence-corrected chi connectivity index (χ3v) is 4.01. The van der Waals surface area contributed by atoms with Crippen LogP contribution in [0.15, 0.2) is 18.2 Å². The molecule has 0 amide bonds. The number of carbonyl (C=O) groups is 1. The summed E-state index contributed by atoms with van der Waals surface area (Å²) in [6, 6.07) is 5.56. The summed E-state index contributed by atoms with van der Waals surface area (Å²) < 4.78 is 11.4. The van der Waals surface area contributed by atoms with Gasteiger partial charge in [0.2, 0.25) is 0 Å². The molecular weight excluding hydrogens is 240 g/mol. The van der Waals surface area contributed by atoms with E-state index in [0.29, 0.717) is 37.2 Å². The molecule has 0 spiro atoms. The first kappa shape index (κ1) is 12.5. The number of benzene rings is 1. The van der Waals surface area contributed by atoms with E-state index < -0.39 is 0 Å². The molecule has 3 heteroatoms. The first-order valence-electron chi connectivity index (χ1n) is 7.15. The standard InChI is InChI=1S/C16H20O3/c1-11-9-18-15-6-5-13(8-16(15)19-10-11)14(17)7-12-3-2-4-12/h5-6,8,11-12H,2-4,7,9-10H2,1H3. The summed E-state index contributed by atoms with van der Waals surface area (Å²) in [4.78, 5) is 12.2. The van der Waals surface area contributed by atoms with Gasteiger partial charge in [-0.2, -0.15) is 0 Å². The Kier molecular flexibility index (Phi) is 3.45. The van der Waals surface area contributed by atoms with Gasteiger partial charge in [-0.1, -0.05) is 26.2 Å². The Bertz CT molecular complexity index is 477. The molecule has 3 nitrogen and oxygen atoms in total. The van der Waals surface area contributed by atoms with E-state index in [4.69, 9.17) is 9.47 Å². The molecule has 0 bridgehead atoms. The van der Waals surface area contributed by atoms with Gasteiger partial charge < -0.3 is 9.47 Å². The lowest BCUT2D eigenvalue weighted by Gasteiger charge is -2.24. The molecule has 0 N–H and O–H groups in total. The molecule has 19 heavy (non-hydrogen) atoms. The zero-order valence-corrected chi connectivity index (χ0v) is 11.4. The van der Waals surface area contributed by atoms with Crippen LogP contribution in [-0.2, 0) is 0 Å². The fourth-order valence-corrected chi connectivity index (χ4v) is 2.50. The Morgan fingerprint density at radius 3 is 2.63 bits per heavy atom. The van der Waals surface area contributed by atoms with Crippen molar-refractivity contribution in [2.75, 3.05) is 13.2 Å². The quantitative estimate of drug-likeness (QED) is 0.781. The van der Waals surface area contributed by atoms with E-state index in [9.17, 15) is 4.79 Å². The van der Waals surface area contributed by atoms with Gasteiger partial charge in [0.25, 0.3) is 0 Å². The van der Waals surface area contributed by atoms with Gasteiger partial charge in [0, 0.05) is 17.9 Å². The molecule has 2 aliphatic rings. The summed E-state index contributed by atoms with van der Waals surface area (Å²) in [6.45, 7) is 3.41. The van der Waals surface area contributed by atoms with Crippen LogP contribution in [0.5, 0.6) is 11.5 Å². The zero-order chi connectivity index (χ0) is 13.2. The second-order valence-electron chi connectivity index (χ2n) is 5.81. The number of carbonyl (C=O) groups excluding carboxylic acids is 1. The lowest BCUT2D eigenvalue weighted by atomic mass is 9.81. The first-order chi connectivity index (χ1) is 9.22. The molecule has 1 aliphatic heterocycles. The van der Waals surface area contributed by atoms with Crippen LogP contribution in [0.2, 0.25) is 0 Å². The predicted molar refractivity (Wildman–Crippen MR) is 72.9 cm³/mol. The van der Waals surface area contributed by atoms with Crippen molar-refractivity contribution in [2.24, 2.45) is 11.8 Å². The number of rotatable bonds is 3. The smallest absolute Gasteiger partial charge is 0.163 e. The van der Waals surface area contributed by atoms with Crippen LogP contribution < -0.4 is 9.47 Å². The maximum atomic E-state index is 12.2. The van der Waals surface area contributed by atoms with E-state index in [1.807, 2.05) is 18.2 Å². The Hall–Kier alpha value is -1.51. The average Bonchev–Trinajstić information content (AvgIpc) is 2.55. The van der Waals surface area contributed by atoms with Crippen molar-refractivity contribution in [3.05, 3.63) is 23.8 Å². The van der Waals surface area contributed by atoms with E-state index >= 15 is 0 Å². The van der Waals surface area contributed by atoms with Crippen molar-refractivity contribution in [1.29, 1.82) is 0 Å². The number of ketones is 1. The van der Waals surface area contributed by atoms with Crippen molar-refractivity contribution in [1.82, 2.24) is 0 Å². The molecule has 0 radical (unpaired) electrons. The van der Waals surface area contributed by atoms with Gasteiger partial charge in [0.15, 0.2) is 17.3 Å². The largest absolute Gasteiger partial charge is 0.489 e. The van der Waals surface area contributed by atoms with Crippen LogP contribution in [0.1, 0.15) is 43.0 Å². The zero-order valence-electron chi connectivity index (χ0n) is 11.4. The van der Waals surface area contributed by atoms with Crippen molar-refractivity contribution >= 4 is 5.78 Å². The third-order valence-electron chi connectivity index (χ3n) is 4.01. The summed E-state index contributed by atoms with van der Waals surface area (Å²) in [5, 5.41) is 0. The molecule has 1 unspecified atom stereocenters. The summed E-state index contributed by atoms with van der Waals surface area (Å²) in [6.07, 6.45) is 4.36. The lowest BCUT2D eigenvalue weighted by molar-refractivity contribution is 0.0936. The molecule has 1 aromatic rings. The minimum atomic E-state index is 0.230. The van der Waals surface area contributed by atoms with E-state index in [0.717, 1.165) is 11.3 Å². The number of fused-ring (bicyclic) bond motifs is 1. The molecule has 1 saturated carbocycles. The van der Waals surface area contributed by atoms with Gasteiger partial charge in [-0.3, -0.25) is 4.79 Å². The van der Waals surface area contributed by atoms with Crippen molar-refractivity contribution in [3.8, 4) is 11.5 Å². The van der Waals surface area contributed by atoms with E-state index in [1.165, 1.54) is 19.3 Å². The summed E-state index contributed by atoms with van der Waals surface area (Å²) >= 11 is 0. The van der Waals surface area contributed by atoms with Gasteiger partial charge in [0.05, 0.1) is 13.2 Å². The fraction of sp³-hybridized carbons (Fsp3) is 0.562. The highest BCUT2D eigenvalue weighted by Crippen LogP contribution is 2.34. The highest BCUT2D eigenvalue weighted by molar-refractivity contribution is 5.96. The summed E-state index contributed by atoms with van der Waals surface area (Å²) in [7, 11) is 0. The van der Waals surface area contributed by atoms with Crippen LogP contribution in [0.4, 0.5) is 0 Å². The van der Waals surface area contributed by atoms with Crippen LogP contribution in [0.3, 0.4) is 0 Å². The highest BCUT2D eigenvalue weighted by atomic mass is 16.5. The van der Waals surface area contributed by atoms with E-state index in [2.05, 4.69) is 6.92 Å². The van der Waals surface area contributed by atoms with Gasteiger partial charge in [-0.15, -0.1) is 0 Å². The second kappa shape index (κ2) is 5.24. The van der Waals surface area contributed by atoms with Gasteiger partial charge in [0.1, 0.15) is 0 Å². The predicted octanol–water partition coefficient (Wildman–Crippen LogP) is 3.47. The van der Waals surface area contributed by atoms with Crippen LogP contribution >= 0.6 is 0 Å². The normalized spacial score (nSPS) is 22.5. The average molecular weight is 260 g/mol. The van der Waals surface area contributed by atoms with Crippen LogP contribution in [0.25, 0.3) is 0 Å². The minimum absolute atomic E-state index is 0.230. The Morgan fingerprint density at radius 2 is 1.95 bits per heavy atom. The third kappa shape index (κ3) is 2.75. The van der Waals surface area contributed by atoms with Crippen LogP contribution in [-0.4, -0.2) is 19.0 Å². The molecule has 3 rings (SSSR count). The van der Waals surface area contributed by atoms with E-state index in [-0.39, 0.29) is 5.78 Å². The number of hydrogen-bond donors (Lipinski definition) is 0. The SMILES string of the molecule is CC1COc2ccc(C(=O)CC3CCC3)cc2OC1. The van der Waals surface area contributed by atoms with Crippen molar-refractivity contribution < 1.29 is 14.3 Å². The molecule has 1 atom stereocenters. The fourth-order valence-electron chi connectivity index (χ4n) is 2.50. The number of hydrogen-bond acceptors (Lipinski definition) is 3. The van der Waals surface area contributed by atoms with Gasteiger partial charge >= 0.3 is 0 Å². The Balaban J connectivity index is 1.74. The molecule has 1 heterocycles. The summed E-state index contributed by atoms with van der Waals surface area (Å²) in [5.74, 6) is 2.67.